The molecule has 2 aromatic rings. The molecule has 2 aliphatic heterocycles. The zero-order chi connectivity index (χ0) is 15.8. The Balaban J connectivity index is 1.42. The van der Waals surface area contributed by atoms with E-state index in [-0.39, 0.29) is 11.7 Å². The number of anilines is 1. The molecule has 2 aliphatic rings. The number of amides is 1. The fourth-order valence-corrected chi connectivity index (χ4v) is 3.72. The average molecular weight is 314 g/mol. The summed E-state index contributed by atoms with van der Waals surface area (Å²) in [5, 5.41) is 0. The largest absolute Gasteiger partial charge is 0.472 e. The van der Waals surface area contributed by atoms with Gasteiger partial charge in [-0.1, -0.05) is 0 Å². The Bertz CT molecular complexity index is 706. The molecule has 4 nitrogen and oxygen atoms in total. The van der Waals surface area contributed by atoms with E-state index in [4.69, 9.17) is 4.42 Å². The van der Waals surface area contributed by atoms with Crippen molar-refractivity contribution in [3.05, 3.63) is 53.7 Å². The normalized spacial score (nSPS) is 18.3. The van der Waals surface area contributed by atoms with Gasteiger partial charge < -0.3 is 14.2 Å². The number of rotatable bonds is 2. The van der Waals surface area contributed by atoms with Crippen molar-refractivity contribution < 1.29 is 13.6 Å². The van der Waals surface area contributed by atoms with Gasteiger partial charge in [0, 0.05) is 31.4 Å². The third-order valence-corrected chi connectivity index (χ3v) is 4.93. The SMILES string of the molecule is O=C(c1ccoc1)N1CCC(N2CCc3cc(F)ccc32)CC1. The first-order chi connectivity index (χ1) is 11.2. The smallest absolute Gasteiger partial charge is 0.257 e. The number of hydrogen-bond acceptors (Lipinski definition) is 3. The van der Waals surface area contributed by atoms with Gasteiger partial charge in [-0.3, -0.25) is 4.79 Å². The summed E-state index contributed by atoms with van der Waals surface area (Å²) in [6.45, 7) is 2.45. The van der Waals surface area contributed by atoms with Crippen LogP contribution < -0.4 is 4.90 Å². The molecule has 1 saturated heterocycles. The lowest BCUT2D eigenvalue weighted by Gasteiger charge is -2.38. The van der Waals surface area contributed by atoms with Gasteiger partial charge >= 0.3 is 0 Å². The first kappa shape index (κ1) is 14.3. The Labute approximate surface area is 134 Å². The quantitative estimate of drug-likeness (QED) is 0.855. The summed E-state index contributed by atoms with van der Waals surface area (Å²) in [6.07, 6.45) is 5.82. The van der Waals surface area contributed by atoms with Crippen LogP contribution in [-0.4, -0.2) is 36.5 Å². The molecule has 23 heavy (non-hydrogen) atoms. The molecule has 0 unspecified atom stereocenters. The van der Waals surface area contributed by atoms with Crippen LogP contribution in [-0.2, 0) is 6.42 Å². The van der Waals surface area contributed by atoms with Gasteiger partial charge in [0.25, 0.3) is 5.91 Å². The molecule has 0 bridgehead atoms. The molecule has 0 spiro atoms. The second-order valence-corrected chi connectivity index (χ2v) is 6.25. The van der Waals surface area contributed by atoms with Crippen LogP contribution in [0.1, 0.15) is 28.8 Å². The minimum Gasteiger partial charge on any atom is -0.472 e. The van der Waals surface area contributed by atoms with Crippen molar-refractivity contribution in [1.29, 1.82) is 0 Å². The number of likely N-dealkylation sites (tertiary alicyclic amines) is 1. The van der Waals surface area contributed by atoms with Gasteiger partial charge in [-0.05, 0) is 49.1 Å². The monoisotopic (exact) mass is 314 g/mol. The van der Waals surface area contributed by atoms with Gasteiger partial charge in [0.15, 0.2) is 0 Å². The van der Waals surface area contributed by atoms with Crippen LogP contribution in [0.3, 0.4) is 0 Å². The summed E-state index contributed by atoms with van der Waals surface area (Å²) in [4.78, 5) is 16.6. The number of carbonyl (C=O) groups is 1. The number of furan rings is 1. The van der Waals surface area contributed by atoms with Crippen molar-refractivity contribution in [3.63, 3.8) is 0 Å². The van der Waals surface area contributed by atoms with Crippen molar-refractivity contribution in [2.24, 2.45) is 0 Å². The highest BCUT2D eigenvalue weighted by Gasteiger charge is 2.31. The van der Waals surface area contributed by atoms with E-state index in [1.54, 1.807) is 12.1 Å². The van der Waals surface area contributed by atoms with Crippen molar-refractivity contribution >= 4 is 11.6 Å². The Kier molecular flexibility index (Phi) is 3.56. The molecular weight excluding hydrogens is 295 g/mol. The van der Waals surface area contributed by atoms with E-state index in [2.05, 4.69) is 4.90 Å². The summed E-state index contributed by atoms with van der Waals surface area (Å²) >= 11 is 0. The second kappa shape index (κ2) is 5.72. The highest BCUT2D eigenvalue weighted by atomic mass is 19.1. The number of hydrogen-bond donors (Lipinski definition) is 0. The zero-order valence-corrected chi connectivity index (χ0v) is 12.9. The van der Waals surface area contributed by atoms with Crippen LogP contribution in [0.4, 0.5) is 10.1 Å². The van der Waals surface area contributed by atoms with Crippen LogP contribution in [0.15, 0.2) is 41.2 Å². The molecule has 1 amide bonds. The molecular formula is C18H19FN2O2. The molecule has 120 valence electrons. The van der Waals surface area contributed by atoms with E-state index < -0.39 is 0 Å². The lowest BCUT2D eigenvalue weighted by atomic mass is 10.0. The third kappa shape index (κ3) is 2.60. The maximum atomic E-state index is 13.3. The third-order valence-electron chi connectivity index (χ3n) is 4.93. The summed E-state index contributed by atoms with van der Waals surface area (Å²) < 4.78 is 18.3. The summed E-state index contributed by atoms with van der Waals surface area (Å²) in [5.41, 5.74) is 2.87. The Hall–Kier alpha value is -2.30. The van der Waals surface area contributed by atoms with Gasteiger partial charge in [0.2, 0.25) is 0 Å². The molecule has 0 radical (unpaired) electrons. The lowest BCUT2D eigenvalue weighted by Crippen LogP contribution is -2.46. The number of fused-ring (bicyclic) bond motifs is 1. The average Bonchev–Trinajstić information content (AvgIpc) is 3.23. The zero-order valence-electron chi connectivity index (χ0n) is 12.9. The van der Waals surface area contributed by atoms with E-state index in [9.17, 15) is 9.18 Å². The standard InChI is InChI=1S/C18H19FN2O2/c19-15-1-2-17-13(11-15)3-9-21(17)16-4-7-20(8-5-16)18(22)14-6-10-23-12-14/h1-2,6,10-12,16H,3-5,7-9H2. The van der Waals surface area contributed by atoms with Crippen LogP contribution in [0.25, 0.3) is 0 Å². The van der Waals surface area contributed by atoms with E-state index >= 15 is 0 Å². The number of carbonyl (C=O) groups excluding carboxylic acids is 1. The Morgan fingerprint density at radius 2 is 2.00 bits per heavy atom. The molecule has 3 heterocycles. The summed E-state index contributed by atoms with van der Waals surface area (Å²) in [7, 11) is 0. The van der Waals surface area contributed by atoms with Crippen molar-refractivity contribution in [1.82, 2.24) is 4.90 Å². The number of halogens is 1. The van der Waals surface area contributed by atoms with Gasteiger partial charge in [-0.15, -0.1) is 0 Å². The van der Waals surface area contributed by atoms with Gasteiger partial charge in [0.05, 0.1) is 11.8 Å². The lowest BCUT2D eigenvalue weighted by molar-refractivity contribution is 0.0712. The number of benzene rings is 1. The molecule has 1 aromatic heterocycles. The summed E-state index contributed by atoms with van der Waals surface area (Å²) in [6, 6.07) is 7.21. The Morgan fingerprint density at radius 1 is 1.17 bits per heavy atom. The minimum absolute atomic E-state index is 0.0427. The maximum Gasteiger partial charge on any atom is 0.257 e. The van der Waals surface area contributed by atoms with Crippen LogP contribution in [0.2, 0.25) is 0 Å². The van der Waals surface area contributed by atoms with E-state index in [0.29, 0.717) is 11.6 Å². The molecule has 0 atom stereocenters. The maximum absolute atomic E-state index is 13.3. The highest BCUT2D eigenvalue weighted by molar-refractivity contribution is 5.93. The molecule has 1 fully saturated rings. The van der Waals surface area contributed by atoms with Crippen molar-refractivity contribution in [3.8, 4) is 0 Å². The molecule has 0 saturated carbocycles. The minimum atomic E-state index is -0.161. The van der Waals surface area contributed by atoms with E-state index in [1.165, 1.54) is 18.6 Å². The molecule has 1 aromatic carbocycles. The highest BCUT2D eigenvalue weighted by Crippen LogP contribution is 2.33. The second-order valence-electron chi connectivity index (χ2n) is 6.25. The van der Waals surface area contributed by atoms with Gasteiger partial charge in [-0.25, -0.2) is 4.39 Å². The number of nitrogens with zero attached hydrogens (tertiary/aromatic N) is 2. The number of piperidine rings is 1. The predicted molar refractivity (Wildman–Crippen MR) is 85.1 cm³/mol. The Morgan fingerprint density at radius 3 is 2.74 bits per heavy atom. The fraction of sp³-hybridized carbons (Fsp3) is 0.389. The van der Waals surface area contributed by atoms with E-state index in [1.807, 2.05) is 11.0 Å². The van der Waals surface area contributed by atoms with Gasteiger partial charge in [0.1, 0.15) is 12.1 Å². The first-order valence-corrected chi connectivity index (χ1v) is 8.09. The molecule has 4 rings (SSSR count). The van der Waals surface area contributed by atoms with Crippen LogP contribution >= 0.6 is 0 Å². The molecule has 0 N–H and O–H groups in total. The van der Waals surface area contributed by atoms with Crippen LogP contribution in [0.5, 0.6) is 0 Å². The molecule has 5 heteroatoms. The fourth-order valence-electron chi connectivity index (χ4n) is 3.72. The van der Waals surface area contributed by atoms with Gasteiger partial charge in [-0.2, -0.15) is 0 Å². The van der Waals surface area contributed by atoms with Crippen molar-refractivity contribution in [2.75, 3.05) is 24.5 Å². The first-order valence-electron chi connectivity index (χ1n) is 8.09. The topological polar surface area (TPSA) is 36.7 Å². The molecule has 0 aliphatic carbocycles. The predicted octanol–water partition coefficient (Wildman–Crippen LogP) is 3.09. The van der Waals surface area contributed by atoms with Crippen molar-refractivity contribution in [2.45, 2.75) is 25.3 Å². The van der Waals surface area contributed by atoms with Crippen LogP contribution in [0, 0.1) is 5.82 Å². The van der Waals surface area contributed by atoms with E-state index in [0.717, 1.165) is 50.1 Å². The summed E-state index contributed by atoms with van der Waals surface area (Å²) in [5.74, 6) is -0.118.